The molecule has 0 spiro atoms. The summed E-state index contributed by atoms with van der Waals surface area (Å²) >= 11 is 13.5. The van der Waals surface area contributed by atoms with E-state index in [-0.39, 0.29) is 0 Å². The van der Waals surface area contributed by atoms with Gasteiger partial charge in [-0.25, -0.2) is 4.98 Å². The van der Waals surface area contributed by atoms with Crippen molar-refractivity contribution in [1.82, 2.24) is 4.98 Å². The molecule has 0 fully saturated rings. The quantitative estimate of drug-likeness (QED) is 0.799. The Balaban J connectivity index is 2.37. The molecule has 0 amide bonds. The van der Waals surface area contributed by atoms with Crippen LogP contribution in [0.3, 0.4) is 0 Å². The summed E-state index contributed by atoms with van der Waals surface area (Å²) in [4.78, 5) is 6.37. The van der Waals surface area contributed by atoms with Crippen LogP contribution < -0.4 is 4.90 Å². The van der Waals surface area contributed by atoms with Gasteiger partial charge in [-0.3, -0.25) is 0 Å². The van der Waals surface area contributed by atoms with Crippen molar-refractivity contribution in [3.05, 3.63) is 39.3 Å². The summed E-state index contributed by atoms with van der Waals surface area (Å²) in [5.74, 6) is 0. The summed E-state index contributed by atoms with van der Waals surface area (Å²) in [6, 6.07) is 5.45. The molecule has 2 rings (SSSR count). The maximum absolute atomic E-state index is 5.96. The highest BCUT2D eigenvalue weighted by Crippen LogP contribution is 2.30. The SMILES string of the molecule is Cc1csc(N(C)c2cc(Cl)cc(Cl)c2)n1. The third kappa shape index (κ3) is 2.48. The second-order valence-electron chi connectivity index (χ2n) is 3.46. The fraction of sp³-hybridized carbons (Fsp3) is 0.182. The molecule has 0 unspecified atom stereocenters. The minimum atomic E-state index is 0.627. The first-order valence-corrected chi connectivity index (χ1v) is 6.32. The maximum Gasteiger partial charge on any atom is 0.189 e. The van der Waals surface area contributed by atoms with Gasteiger partial charge in [0.15, 0.2) is 5.13 Å². The number of nitrogens with zero attached hydrogens (tertiary/aromatic N) is 2. The van der Waals surface area contributed by atoms with Crippen LogP contribution in [0.1, 0.15) is 5.69 Å². The van der Waals surface area contributed by atoms with E-state index in [0.29, 0.717) is 10.0 Å². The molecule has 0 bridgehead atoms. The smallest absolute Gasteiger partial charge is 0.189 e. The molecule has 2 aromatic rings. The molecule has 1 heterocycles. The zero-order valence-corrected chi connectivity index (χ0v) is 11.2. The summed E-state index contributed by atoms with van der Waals surface area (Å²) < 4.78 is 0. The van der Waals surface area contributed by atoms with Crippen LogP contribution in [-0.2, 0) is 0 Å². The van der Waals surface area contributed by atoms with Crippen molar-refractivity contribution in [2.24, 2.45) is 0 Å². The Hall–Kier alpha value is -0.770. The van der Waals surface area contributed by atoms with E-state index in [1.165, 1.54) is 0 Å². The summed E-state index contributed by atoms with van der Waals surface area (Å²) in [6.45, 7) is 1.97. The normalized spacial score (nSPS) is 10.5. The molecular weight excluding hydrogens is 263 g/mol. The van der Waals surface area contributed by atoms with Crippen LogP contribution in [0.5, 0.6) is 0 Å². The number of rotatable bonds is 2. The molecule has 0 saturated heterocycles. The first-order chi connectivity index (χ1) is 7.56. The fourth-order valence-electron chi connectivity index (χ4n) is 1.34. The van der Waals surface area contributed by atoms with Crippen molar-refractivity contribution in [2.45, 2.75) is 6.92 Å². The lowest BCUT2D eigenvalue weighted by atomic mass is 10.3. The van der Waals surface area contributed by atoms with E-state index >= 15 is 0 Å². The van der Waals surface area contributed by atoms with Gasteiger partial charge in [0.2, 0.25) is 0 Å². The Kier molecular flexibility index (Phi) is 3.38. The standard InChI is InChI=1S/C11H10Cl2N2S/c1-7-6-16-11(14-7)15(2)10-4-8(12)3-9(13)5-10/h3-6H,1-2H3. The molecule has 0 aliphatic rings. The van der Waals surface area contributed by atoms with Crippen molar-refractivity contribution in [3.63, 3.8) is 0 Å². The lowest BCUT2D eigenvalue weighted by Crippen LogP contribution is -2.08. The molecule has 1 aromatic carbocycles. The number of hydrogen-bond donors (Lipinski definition) is 0. The molecule has 16 heavy (non-hydrogen) atoms. The van der Waals surface area contributed by atoms with Crippen LogP contribution in [0.15, 0.2) is 23.6 Å². The van der Waals surface area contributed by atoms with Gasteiger partial charge in [-0.2, -0.15) is 0 Å². The second kappa shape index (κ2) is 4.62. The molecular formula is C11H10Cl2N2S. The van der Waals surface area contributed by atoms with E-state index in [4.69, 9.17) is 23.2 Å². The topological polar surface area (TPSA) is 16.1 Å². The zero-order chi connectivity index (χ0) is 11.7. The van der Waals surface area contributed by atoms with Gasteiger partial charge in [-0.1, -0.05) is 23.2 Å². The van der Waals surface area contributed by atoms with E-state index in [0.717, 1.165) is 16.5 Å². The van der Waals surface area contributed by atoms with E-state index in [1.54, 1.807) is 17.4 Å². The Labute approximate surface area is 108 Å². The highest BCUT2D eigenvalue weighted by Gasteiger charge is 2.09. The number of halogens is 2. The Morgan fingerprint density at radius 2 is 1.81 bits per heavy atom. The first kappa shape index (κ1) is 11.7. The number of benzene rings is 1. The predicted molar refractivity (Wildman–Crippen MR) is 71.4 cm³/mol. The minimum Gasteiger partial charge on any atom is -0.321 e. The highest BCUT2D eigenvalue weighted by molar-refractivity contribution is 7.13. The van der Waals surface area contributed by atoms with Crippen LogP contribution in [0.2, 0.25) is 10.0 Å². The zero-order valence-electron chi connectivity index (χ0n) is 8.87. The lowest BCUT2D eigenvalue weighted by molar-refractivity contribution is 1.14. The molecule has 0 N–H and O–H groups in total. The molecule has 0 aliphatic heterocycles. The molecule has 0 saturated carbocycles. The average molecular weight is 273 g/mol. The third-order valence-electron chi connectivity index (χ3n) is 2.13. The van der Waals surface area contributed by atoms with Gasteiger partial charge in [-0.05, 0) is 25.1 Å². The number of aryl methyl sites for hydroxylation is 1. The summed E-state index contributed by atoms with van der Waals surface area (Å²) in [6.07, 6.45) is 0. The number of thiazole rings is 1. The van der Waals surface area contributed by atoms with Crippen molar-refractivity contribution >= 4 is 45.4 Å². The van der Waals surface area contributed by atoms with Gasteiger partial charge in [0.1, 0.15) is 0 Å². The monoisotopic (exact) mass is 272 g/mol. The Morgan fingerprint density at radius 3 is 2.31 bits per heavy atom. The second-order valence-corrected chi connectivity index (χ2v) is 5.17. The minimum absolute atomic E-state index is 0.627. The highest BCUT2D eigenvalue weighted by atomic mass is 35.5. The Morgan fingerprint density at radius 1 is 1.19 bits per heavy atom. The summed E-state index contributed by atoms with van der Waals surface area (Å²) in [7, 11) is 1.94. The van der Waals surface area contributed by atoms with E-state index in [2.05, 4.69) is 4.98 Å². The van der Waals surface area contributed by atoms with E-state index in [1.807, 2.05) is 36.4 Å². The molecule has 0 radical (unpaired) electrons. The van der Waals surface area contributed by atoms with Crippen LogP contribution in [0.4, 0.5) is 10.8 Å². The molecule has 5 heteroatoms. The molecule has 2 nitrogen and oxygen atoms in total. The van der Waals surface area contributed by atoms with Gasteiger partial charge in [0.05, 0.1) is 5.69 Å². The molecule has 1 aromatic heterocycles. The largest absolute Gasteiger partial charge is 0.321 e. The Bertz CT molecular complexity index is 490. The first-order valence-electron chi connectivity index (χ1n) is 4.68. The fourth-order valence-corrected chi connectivity index (χ4v) is 2.64. The van der Waals surface area contributed by atoms with Crippen LogP contribution in [0, 0.1) is 6.92 Å². The number of aromatic nitrogens is 1. The van der Waals surface area contributed by atoms with Crippen molar-refractivity contribution < 1.29 is 0 Å². The molecule has 84 valence electrons. The van der Waals surface area contributed by atoms with Gasteiger partial charge in [-0.15, -0.1) is 11.3 Å². The maximum atomic E-state index is 5.96. The summed E-state index contributed by atoms with van der Waals surface area (Å²) in [5.41, 5.74) is 1.95. The van der Waals surface area contributed by atoms with Gasteiger partial charge in [0, 0.05) is 28.2 Å². The van der Waals surface area contributed by atoms with Crippen LogP contribution >= 0.6 is 34.5 Å². The van der Waals surface area contributed by atoms with Gasteiger partial charge < -0.3 is 4.90 Å². The summed E-state index contributed by atoms with van der Waals surface area (Å²) in [5, 5.41) is 4.19. The van der Waals surface area contributed by atoms with Crippen molar-refractivity contribution in [3.8, 4) is 0 Å². The van der Waals surface area contributed by atoms with Gasteiger partial charge in [0.25, 0.3) is 0 Å². The number of hydrogen-bond acceptors (Lipinski definition) is 3. The van der Waals surface area contributed by atoms with Crippen molar-refractivity contribution in [2.75, 3.05) is 11.9 Å². The van der Waals surface area contributed by atoms with Gasteiger partial charge >= 0.3 is 0 Å². The van der Waals surface area contributed by atoms with Crippen molar-refractivity contribution in [1.29, 1.82) is 0 Å². The average Bonchev–Trinajstić information content (AvgIpc) is 2.62. The van der Waals surface area contributed by atoms with Crippen LogP contribution in [0.25, 0.3) is 0 Å². The molecule has 0 aliphatic carbocycles. The van der Waals surface area contributed by atoms with E-state index < -0.39 is 0 Å². The lowest BCUT2D eigenvalue weighted by Gasteiger charge is -2.16. The van der Waals surface area contributed by atoms with E-state index in [9.17, 15) is 0 Å². The number of anilines is 2. The van der Waals surface area contributed by atoms with Crippen LogP contribution in [-0.4, -0.2) is 12.0 Å². The molecule has 0 atom stereocenters. The predicted octanol–water partition coefficient (Wildman–Crippen LogP) is 4.53. The third-order valence-corrected chi connectivity index (χ3v) is 3.60.